The van der Waals surface area contributed by atoms with Gasteiger partial charge in [0, 0.05) is 17.7 Å². The molecule has 1 aromatic heterocycles. The summed E-state index contributed by atoms with van der Waals surface area (Å²) in [5.41, 5.74) is -2.89. The van der Waals surface area contributed by atoms with Gasteiger partial charge in [-0.15, -0.1) is 0 Å². The van der Waals surface area contributed by atoms with Crippen LogP contribution in [0.4, 0.5) is 0 Å². The van der Waals surface area contributed by atoms with Gasteiger partial charge in [-0.25, -0.2) is 0 Å². The molecular formula is C26H28O15. The zero-order chi connectivity index (χ0) is 29.6. The van der Waals surface area contributed by atoms with Gasteiger partial charge >= 0.3 is 0 Å². The molecule has 9 N–H and O–H groups in total. The molecule has 0 bridgehead atoms. The van der Waals surface area contributed by atoms with Gasteiger partial charge in [-0.05, 0) is 24.3 Å². The summed E-state index contributed by atoms with van der Waals surface area (Å²) in [6, 6.07) is 7.58. The van der Waals surface area contributed by atoms with Gasteiger partial charge in [0.25, 0.3) is 0 Å². The number of benzene rings is 2. The Morgan fingerprint density at radius 2 is 1.63 bits per heavy atom. The van der Waals surface area contributed by atoms with E-state index in [1.807, 2.05) is 0 Å². The van der Waals surface area contributed by atoms with Gasteiger partial charge in [0.15, 0.2) is 5.76 Å². The quantitative estimate of drug-likeness (QED) is 0.145. The van der Waals surface area contributed by atoms with Gasteiger partial charge in [0.1, 0.15) is 64.3 Å². The molecule has 0 amide bonds. The van der Waals surface area contributed by atoms with Crippen molar-refractivity contribution in [1.29, 1.82) is 0 Å². The van der Waals surface area contributed by atoms with Crippen molar-refractivity contribution in [2.45, 2.75) is 48.7 Å². The molecule has 5 rings (SSSR count). The van der Waals surface area contributed by atoms with Crippen molar-refractivity contribution in [2.75, 3.05) is 19.8 Å². The molecule has 15 heteroatoms. The standard InChI is InChI=1S/C26H28O15/c27-7-15-17(31)19(33)20(34)24(40-15)41-22-18(32)16-13(30)5-11(29)6-14(16)39-21(22)10-1-3-12(4-2-10)38-25-23(35)26(36,8-28)9-37-25/h1-6,15,17,19-20,23-25,27-31,33-36H,7-9H2/t15-,17-,19+,20-,23+,24+,25+,26-/m0/s1. The molecular weight excluding hydrogens is 552 g/mol. The van der Waals surface area contributed by atoms with Crippen LogP contribution in [0.2, 0.25) is 0 Å². The normalized spacial score (nSPS) is 31.8. The lowest BCUT2D eigenvalue weighted by Gasteiger charge is -2.39. The van der Waals surface area contributed by atoms with E-state index in [4.69, 9.17) is 23.4 Å². The van der Waals surface area contributed by atoms with E-state index in [1.54, 1.807) is 0 Å². The first kappa shape index (κ1) is 29.0. The molecule has 3 aromatic rings. The molecule has 0 unspecified atom stereocenters. The molecule has 2 saturated heterocycles. The molecule has 2 aliphatic heterocycles. The number of ether oxygens (including phenoxy) is 4. The fraction of sp³-hybridized carbons (Fsp3) is 0.423. The number of phenolic OH excluding ortho intramolecular Hbond substituents is 2. The lowest BCUT2D eigenvalue weighted by Crippen LogP contribution is -2.60. The SMILES string of the molecule is O=c1c(O[C@H]2O[C@@H](CO)[C@H](O)[C@@H](O)[C@@H]2O)c(-c2ccc(O[C@H]3OC[C@@](O)(CO)[C@@H]3O)cc2)oc2cc(O)cc(O)c12. The van der Waals surface area contributed by atoms with Crippen molar-refractivity contribution in [3.63, 3.8) is 0 Å². The van der Waals surface area contributed by atoms with Crippen LogP contribution in [0.1, 0.15) is 0 Å². The van der Waals surface area contributed by atoms with E-state index in [0.717, 1.165) is 12.1 Å². The summed E-state index contributed by atoms with van der Waals surface area (Å²) in [6.07, 6.45) is -11.3. The second-order valence-electron chi connectivity index (χ2n) is 9.77. The second kappa shape index (κ2) is 11.1. The van der Waals surface area contributed by atoms with Crippen molar-refractivity contribution in [3.05, 3.63) is 46.6 Å². The number of fused-ring (bicyclic) bond motifs is 1. The highest BCUT2D eigenvalue weighted by atomic mass is 16.7. The van der Waals surface area contributed by atoms with Gasteiger partial charge < -0.3 is 69.3 Å². The van der Waals surface area contributed by atoms with E-state index < -0.39 is 84.6 Å². The topological polar surface area (TPSA) is 249 Å². The van der Waals surface area contributed by atoms with Crippen LogP contribution in [0.3, 0.4) is 0 Å². The first-order valence-corrected chi connectivity index (χ1v) is 12.4. The number of hydrogen-bond acceptors (Lipinski definition) is 15. The number of phenols is 2. The average molecular weight is 580 g/mol. The third-order valence-corrected chi connectivity index (χ3v) is 6.95. The Morgan fingerprint density at radius 1 is 0.927 bits per heavy atom. The Balaban J connectivity index is 1.52. The van der Waals surface area contributed by atoms with Crippen LogP contribution < -0.4 is 14.9 Å². The third kappa shape index (κ3) is 5.19. The zero-order valence-corrected chi connectivity index (χ0v) is 21.1. The maximum atomic E-state index is 13.5. The van der Waals surface area contributed by atoms with E-state index >= 15 is 0 Å². The van der Waals surface area contributed by atoms with E-state index in [1.165, 1.54) is 24.3 Å². The number of aliphatic hydroxyl groups is 7. The van der Waals surface area contributed by atoms with Crippen LogP contribution >= 0.6 is 0 Å². The maximum Gasteiger partial charge on any atom is 0.239 e. The highest BCUT2D eigenvalue weighted by Gasteiger charge is 2.49. The molecule has 41 heavy (non-hydrogen) atoms. The molecule has 2 aliphatic rings. The molecule has 0 aliphatic carbocycles. The van der Waals surface area contributed by atoms with Gasteiger partial charge in [-0.3, -0.25) is 4.79 Å². The van der Waals surface area contributed by atoms with Crippen molar-refractivity contribution in [3.8, 4) is 34.3 Å². The Kier molecular flexibility index (Phi) is 7.82. The van der Waals surface area contributed by atoms with Gasteiger partial charge in [-0.2, -0.15) is 0 Å². The number of aliphatic hydroxyl groups excluding tert-OH is 6. The van der Waals surface area contributed by atoms with Crippen LogP contribution in [0.5, 0.6) is 23.0 Å². The average Bonchev–Trinajstić information content (AvgIpc) is 3.23. The van der Waals surface area contributed by atoms with E-state index in [2.05, 4.69) is 0 Å². The Bertz CT molecular complexity index is 1450. The lowest BCUT2D eigenvalue weighted by atomic mass is 9.99. The zero-order valence-electron chi connectivity index (χ0n) is 21.1. The molecule has 0 spiro atoms. The van der Waals surface area contributed by atoms with Crippen molar-refractivity contribution in [1.82, 2.24) is 0 Å². The first-order valence-electron chi connectivity index (χ1n) is 12.4. The monoisotopic (exact) mass is 580 g/mol. The fourth-order valence-electron chi connectivity index (χ4n) is 4.56. The minimum Gasteiger partial charge on any atom is -0.508 e. The predicted molar refractivity (Wildman–Crippen MR) is 134 cm³/mol. The molecule has 0 saturated carbocycles. The number of hydrogen-bond donors (Lipinski definition) is 9. The van der Waals surface area contributed by atoms with Crippen LogP contribution in [0.25, 0.3) is 22.3 Å². The number of rotatable bonds is 7. The van der Waals surface area contributed by atoms with E-state index in [-0.39, 0.29) is 34.6 Å². The highest BCUT2D eigenvalue weighted by Crippen LogP contribution is 2.38. The summed E-state index contributed by atoms with van der Waals surface area (Å²) in [5, 5.41) is 89.7. The summed E-state index contributed by atoms with van der Waals surface area (Å²) in [4.78, 5) is 13.5. The highest BCUT2D eigenvalue weighted by molar-refractivity contribution is 5.88. The summed E-state index contributed by atoms with van der Waals surface area (Å²) in [5.74, 6) is -1.74. The Labute approximate surface area is 230 Å². The molecule has 2 aromatic carbocycles. The summed E-state index contributed by atoms with van der Waals surface area (Å²) in [6.45, 7) is -1.87. The van der Waals surface area contributed by atoms with Crippen LogP contribution in [-0.2, 0) is 9.47 Å². The maximum absolute atomic E-state index is 13.5. The van der Waals surface area contributed by atoms with Gasteiger partial charge in [0.05, 0.1) is 19.8 Å². The Hall–Kier alpha value is -3.51. The Morgan fingerprint density at radius 3 is 2.27 bits per heavy atom. The smallest absolute Gasteiger partial charge is 0.239 e. The molecule has 15 nitrogen and oxygen atoms in total. The number of aromatic hydroxyl groups is 2. The predicted octanol–water partition coefficient (Wildman–Crippen LogP) is -2.13. The lowest BCUT2D eigenvalue weighted by molar-refractivity contribution is -0.277. The molecule has 2 fully saturated rings. The van der Waals surface area contributed by atoms with E-state index in [0.29, 0.717) is 0 Å². The van der Waals surface area contributed by atoms with Gasteiger partial charge in [-0.1, -0.05) is 0 Å². The molecule has 3 heterocycles. The fourth-order valence-corrected chi connectivity index (χ4v) is 4.56. The largest absolute Gasteiger partial charge is 0.508 e. The summed E-state index contributed by atoms with van der Waals surface area (Å²) >= 11 is 0. The molecule has 222 valence electrons. The van der Waals surface area contributed by atoms with Crippen molar-refractivity contribution < 1.29 is 69.3 Å². The summed E-state index contributed by atoms with van der Waals surface area (Å²) in [7, 11) is 0. The molecule has 8 atom stereocenters. The third-order valence-electron chi connectivity index (χ3n) is 6.95. The minimum atomic E-state index is -1.90. The first-order chi connectivity index (χ1) is 19.5. The van der Waals surface area contributed by atoms with Crippen LogP contribution in [0, 0.1) is 0 Å². The van der Waals surface area contributed by atoms with E-state index in [9.17, 15) is 50.8 Å². The van der Waals surface area contributed by atoms with Crippen molar-refractivity contribution in [2.24, 2.45) is 0 Å². The minimum absolute atomic E-state index is 0.148. The molecule has 0 radical (unpaired) electrons. The van der Waals surface area contributed by atoms with Crippen molar-refractivity contribution >= 4 is 11.0 Å². The second-order valence-corrected chi connectivity index (χ2v) is 9.77. The van der Waals surface area contributed by atoms with Crippen LogP contribution in [0.15, 0.2) is 45.6 Å². The summed E-state index contributed by atoms with van der Waals surface area (Å²) < 4.78 is 27.6. The van der Waals surface area contributed by atoms with Crippen LogP contribution in [-0.4, -0.2) is 114 Å². The van der Waals surface area contributed by atoms with Gasteiger partial charge in [0.2, 0.25) is 23.8 Å².